The van der Waals surface area contributed by atoms with Crippen molar-refractivity contribution in [1.82, 2.24) is 14.6 Å². The molecule has 0 saturated carbocycles. The van der Waals surface area contributed by atoms with Crippen LogP contribution in [0.3, 0.4) is 0 Å². The van der Waals surface area contributed by atoms with Crippen LogP contribution in [0.4, 0.5) is 5.82 Å². The zero-order chi connectivity index (χ0) is 16.3. The summed E-state index contributed by atoms with van der Waals surface area (Å²) in [6, 6.07) is 3.21. The molecule has 1 saturated heterocycles. The van der Waals surface area contributed by atoms with E-state index in [1.165, 1.54) is 0 Å². The summed E-state index contributed by atoms with van der Waals surface area (Å²) in [7, 11) is 0.469. The minimum Gasteiger partial charge on any atom is -0.363 e. The number of aromatic nitrogens is 1. The number of rotatable bonds is 4. The molecule has 1 aromatic heterocycles. The lowest BCUT2D eigenvalue weighted by Gasteiger charge is -2.32. The standard InChI is InChI=1S/C14H22N4O3S/c1-17(2)13-9-11(6-7-15-13)14(19)18-8-4-5-12(10-18)16-22(3,20)21/h6-7,9,12,16H,4-5,8,10H2,1-3H3/t12-/m0/s1. The van der Waals surface area contributed by atoms with Crippen molar-refractivity contribution in [2.24, 2.45) is 0 Å². The lowest BCUT2D eigenvalue weighted by Crippen LogP contribution is -2.49. The third-order valence-corrected chi connectivity index (χ3v) is 4.30. The van der Waals surface area contributed by atoms with Gasteiger partial charge < -0.3 is 9.80 Å². The maximum absolute atomic E-state index is 12.6. The molecule has 1 amide bonds. The van der Waals surface area contributed by atoms with Crippen LogP contribution in [0.2, 0.25) is 0 Å². The second kappa shape index (κ2) is 6.62. The van der Waals surface area contributed by atoms with Gasteiger partial charge in [0.15, 0.2) is 0 Å². The van der Waals surface area contributed by atoms with Crippen LogP contribution in [0.1, 0.15) is 23.2 Å². The number of nitrogens with one attached hydrogen (secondary N) is 1. The summed E-state index contributed by atoms with van der Waals surface area (Å²) in [4.78, 5) is 20.3. The Morgan fingerprint density at radius 2 is 2.18 bits per heavy atom. The molecule has 1 aromatic rings. The van der Waals surface area contributed by atoms with Crippen molar-refractivity contribution in [1.29, 1.82) is 0 Å². The SMILES string of the molecule is CN(C)c1cc(C(=O)N2CCC[C@H](NS(C)(=O)=O)C2)ccn1. The lowest BCUT2D eigenvalue weighted by molar-refractivity contribution is 0.0703. The second-order valence-electron chi connectivity index (χ2n) is 5.78. The maximum Gasteiger partial charge on any atom is 0.254 e. The minimum atomic E-state index is -3.26. The summed E-state index contributed by atoms with van der Waals surface area (Å²) in [6.07, 6.45) is 4.28. The average Bonchev–Trinajstić information content (AvgIpc) is 2.45. The van der Waals surface area contributed by atoms with Crippen molar-refractivity contribution in [2.75, 3.05) is 38.3 Å². The molecule has 0 radical (unpaired) electrons. The van der Waals surface area contributed by atoms with Gasteiger partial charge in [0.25, 0.3) is 5.91 Å². The van der Waals surface area contributed by atoms with E-state index in [0.717, 1.165) is 19.1 Å². The molecule has 0 aliphatic carbocycles. The predicted molar refractivity (Wildman–Crippen MR) is 85.5 cm³/mol. The molecule has 22 heavy (non-hydrogen) atoms. The first kappa shape index (κ1) is 16.7. The van der Waals surface area contributed by atoms with Gasteiger partial charge in [-0.3, -0.25) is 4.79 Å². The van der Waals surface area contributed by atoms with Gasteiger partial charge >= 0.3 is 0 Å². The number of hydrogen-bond acceptors (Lipinski definition) is 5. The van der Waals surface area contributed by atoms with Crippen LogP contribution in [0, 0.1) is 0 Å². The van der Waals surface area contributed by atoms with Gasteiger partial charge in [0, 0.05) is 45.0 Å². The Bertz CT molecular complexity index is 645. The van der Waals surface area contributed by atoms with E-state index in [9.17, 15) is 13.2 Å². The van der Waals surface area contributed by atoms with Crippen LogP contribution in [-0.4, -0.2) is 63.7 Å². The number of hydrogen-bond donors (Lipinski definition) is 1. The molecule has 1 atom stereocenters. The molecule has 0 bridgehead atoms. The highest BCUT2D eigenvalue weighted by Gasteiger charge is 2.26. The van der Waals surface area contributed by atoms with Gasteiger partial charge in [0.1, 0.15) is 5.82 Å². The highest BCUT2D eigenvalue weighted by Crippen LogP contribution is 2.16. The molecule has 0 unspecified atom stereocenters. The van der Waals surface area contributed by atoms with Crippen molar-refractivity contribution in [2.45, 2.75) is 18.9 Å². The number of likely N-dealkylation sites (tertiary alicyclic amines) is 1. The van der Waals surface area contributed by atoms with Crippen LogP contribution >= 0.6 is 0 Å². The molecule has 122 valence electrons. The van der Waals surface area contributed by atoms with E-state index < -0.39 is 10.0 Å². The molecular weight excluding hydrogens is 304 g/mol. The van der Waals surface area contributed by atoms with E-state index in [1.807, 2.05) is 19.0 Å². The number of piperidine rings is 1. The van der Waals surface area contributed by atoms with Gasteiger partial charge in [0.05, 0.1) is 6.26 Å². The van der Waals surface area contributed by atoms with Crippen molar-refractivity contribution < 1.29 is 13.2 Å². The number of amides is 1. The number of sulfonamides is 1. The molecule has 1 aliphatic heterocycles. The van der Waals surface area contributed by atoms with Gasteiger partial charge in [-0.1, -0.05) is 0 Å². The quantitative estimate of drug-likeness (QED) is 0.860. The summed E-state index contributed by atoms with van der Waals surface area (Å²) in [5.74, 6) is 0.624. The summed E-state index contributed by atoms with van der Waals surface area (Å²) in [6.45, 7) is 1.03. The number of carbonyl (C=O) groups is 1. The molecule has 8 heteroatoms. The molecule has 1 fully saturated rings. The van der Waals surface area contributed by atoms with Gasteiger partial charge in [0.2, 0.25) is 10.0 Å². The maximum atomic E-state index is 12.6. The first-order valence-electron chi connectivity index (χ1n) is 7.16. The molecular formula is C14H22N4O3S. The second-order valence-corrected chi connectivity index (χ2v) is 7.56. The monoisotopic (exact) mass is 326 g/mol. The Kier molecular flexibility index (Phi) is 5.02. The van der Waals surface area contributed by atoms with Gasteiger partial charge in [-0.05, 0) is 25.0 Å². The molecule has 1 N–H and O–H groups in total. The fraction of sp³-hybridized carbons (Fsp3) is 0.571. The van der Waals surface area contributed by atoms with E-state index in [0.29, 0.717) is 24.5 Å². The minimum absolute atomic E-state index is 0.0921. The van der Waals surface area contributed by atoms with Gasteiger partial charge in [-0.15, -0.1) is 0 Å². The van der Waals surface area contributed by atoms with E-state index >= 15 is 0 Å². The fourth-order valence-electron chi connectivity index (χ4n) is 2.54. The van der Waals surface area contributed by atoms with Crippen LogP contribution in [0.15, 0.2) is 18.3 Å². The van der Waals surface area contributed by atoms with E-state index in [1.54, 1.807) is 23.2 Å². The number of anilines is 1. The number of pyridine rings is 1. The highest BCUT2D eigenvalue weighted by molar-refractivity contribution is 7.88. The lowest BCUT2D eigenvalue weighted by atomic mass is 10.1. The first-order valence-corrected chi connectivity index (χ1v) is 9.05. The molecule has 0 aromatic carbocycles. The van der Waals surface area contributed by atoms with Gasteiger partial charge in [-0.2, -0.15) is 0 Å². The van der Waals surface area contributed by atoms with Crippen molar-refractivity contribution in [3.8, 4) is 0 Å². The third-order valence-electron chi connectivity index (χ3n) is 3.54. The molecule has 0 spiro atoms. The Labute approximate surface area is 131 Å². The predicted octanol–water partition coefficient (Wildman–Crippen LogP) is 0.301. The van der Waals surface area contributed by atoms with Crippen LogP contribution in [0.5, 0.6) is 0 Å². The normalized spacial score (nSPS) is 19.0. The molecule has 7 nitrogen and oxygen atoms in total. The van der Waals surface area contributed by atoms with Gasteiger partial charge in [-0.25, -0.2) is 18.1 Å². The topological polar surface area (TPSA) is 82.6 Å². The van der Waals surface area contributed by atoms with Crippen LogP contribution in [-0.2, 0) is 10.0 Å². The Morgan fingerprint density at radius 3 is 2.82 bits per heavy atom. The highest BCUT2D eigenvalue weighted by atomic mass is 32.2. The van der Waals surface area contributed by atoms with Crippen molar-refractivity contribution in [3.63, 3.8) is 0 Å². The van der Waals surface area contributed by atoms with Crippen LogP contribution < -0.4 is 9.62 Å². The summed E-state index contributed by atoms with van der Waals surface area (Å²) >= 11 is 0. The van der Waals surface area contributed by atoms with E-state index in [4.69, 9.17) is 0 Å². The third kappa shape index (κ3) is 4.41. The number of nitrogens with zero attached hydrogens (tertiary/aromatic N) is 3. The largest absolute Gasteiger partial charge is 0.363 e. The smallest absolute Gasteiger partial charge is 0.254 e. The fourth-order valence-corrected chi connectivity index (χ4v) is 3.34. The Morgan fingerprint density at radius 1 is 1.45 bits per heavy atom. The first-order chi connectivity index (χ1) is 10.3. The Balaban J connectivity index is 2.10. The van der Waals surface area contributed by atoms with Crippen molar-refractivity contribution >= 4 is 21.7 Å². The zero-order valence-corrected chi connectivity index (χ0v) is 13.9. The van der Waals surface area contributed by atoms with Crippen molar-refractivity contribution in [3.05, 3.63) is 23.9 Å². The molecule has 2 rings (SSSR count). The summed E-state index contributed by atoms with van der Waals surface area (Å²) in [5, 5.41) is 0. The molecule has 1 aliphatic rings. The van der Waals surface area contributed by atoms with E-state index in [-0.39, 0.29) is 11.9 Å². The Hall–Kier alpha value is -1.67. The summed E-state index contributed by atoms with van der Waals surface area (Å²) in [5.41, 5.74) is 0.568. The number of carbonyl (C=O) groups excluding carboxylic acids is 1. The average molecular weight is 326 g/mol. The summed E-state index contributed by atoms with van der Waals surface area (Å²) < 4.78 is 25.3. The van der Waals surface area contributed by atoms with Crippen LogP contribution in [0.25, 0.3) is 0 Å². The van der Waals surface area contributed by atoms with E-state index in [2.05, 4.69) is 9.71 Å². The molecule has 2 heterocycles. The zero-order valence-electron chi connectivity index (χ0n) is 13.1.